The van der Waals surface area contributed by atoms with Crippen molar-refractivity contribution >= 4 is 16.7 Å². The van der Waals surface area contributed by atoms with E-state index in [9.17, 15) is 9.18 Å². The van der Waals surface area contributed by atoms with Crippen molar-refractivity contribution in [1.29, 1.82) is 0 Å². The van der Waals surface area contributed by atoms with Gasteiger partial charge in [-0.15, -0.1) is 0 Å². The maximum atomic E-state index is 13.6. The number of likely N-dealkylation sites (N-methyl/N-ethyl adjacent to an activating group) is 1. The second kappa shape index (κ2) is 8.21. The van der Waals surface area contributed by atoms with Crippen molar-refractivity contribution in [1.82, 2.24) is 10.2 Å². The largest absolute Gasteiger partial charge is 0.492 e. The average Bonchev–Trinajstić information content (AvgIpc) is 3.49. The molecule has 4 nitrogen and oxygen atoms in total. The third-order valence-electron chi connectivity index (χ3n) is 6.94. The maximum absolute atomic E-state index is 13.6. The number of rotatable bonds is 6. The molecule has 2 aliphatic rings. The first kappa shape index (κ1) is 21.0. The summed E-state index contributed by atoms with van der Waals surface area (Å²) in [4.78, 5) is 15.3. The number of amides is 1. The molecule has 2 atom stereocenters. The number of hydrogen-bond donors (Lipinski definition) is 1. The van der Waals surface area contributed by atoms with Crippen molar-refractivity contribution in [2.45, 2.75) is 43.9 Å². The fourth-order valence-corrected chi connectivity index (χ4v) is 4.85. The van der Waals surface area contributed by atoms with Crippen LogP contribution in [-0.4, -0.2) is 43.2 Å². The summed E-state index contributed by atoms with van der Waals surface area (Å²) >= 11 is 0. The van der Waals surface area contributed by atoms with Crippen molar-refractivity contribution in [2.24, 2.45) is 0 Å². The fraction of sp³-hybridized carbons (Fsp3) is 0.370. The number of hydrogen-bond acceptors (Lipinski definition) is 3. The number of fused-ring (bicyclic) bond motifs is 1. The highest BCUT2D eigenvalue weighted by Gasteiger charge is 2.46. The van der Waals surface area contributed by atoms with E-state index < -0.39 is 6.17 Å². The van der Waals surface area contributed by atoms with E-state index in [0.717, 1.165) is 18.4 Å². The first-order valence-corrected chi connectivity index (χ1v) is 11.3. The van der Waals surface area contributed by atoms with Crippen LogP contribution in [0.3, 0.4) is 0 Å². The minimum atomic E-state index is -0.795. The van der Waals surface area contributed by atoms with Crippen molar-refractivity contribution < 1.29 is 13.9 Å². The van der Waals surface area contributed by atoms with Crippen LogP contribution in [0.2, 0.25) is 0 Å². The molecule has 0 radical (unpaired) electrons. The summed E-state index contributed by atoms with van der Waals surface area (Å²) in [6.07, 6.45) is 1.56. The Hall–Kier alpha value is -2.92. The molecule has 1 amide bonds. The Morgan fingerprint density at radius 2 is 1.94 bits per heavy atom. The van der Waals surface area contributed by atoms with E-state index in [1.54, 1.807) is 0 Å². The molecular weight excluding hydrogens is 403 g/mol. The normalized spacial score (nSPS) is 22.1. The number of carbonyl (C=O) groups excluding carboxylic acids is 1. The van der Waals surface area contributed by atoms with Gasteiger partial charge in [0, 0.05) is 18.2 Å². The van der Waals surface area contributed by atoms with Gasteiger partial charge >= 0.3 is 0 Å². The lowest BCUT2D eigenvalue weighted by Gasteiger charge is -2.22. The molecule has 1 heterocycles. The molecule has 1 aliphatic carbocycles. The van der Waals surface area contributed by atoms with Crippen LogP contribution in [0.5, 0.6) is 5.75 Å². The quantitative estimate of drug-likeness (QED) is 0.597. The Kier molecular flexibility index (Phi) is 5.38. The van der Waals surface area contributed by atoms with E-state index in [1.807, 2.05) is 49.2 Å². The minimum absolute atomic E-state index is 0.0599. The number of nitrogens with one attached hydrogen (secondary N) is 1. The average molecular weight is 433 g/mol. The lowest BCUT2D eigenvalue weighted by Crippen LogP contribution is -2.35. The van der Waals surface area contributed by atoms with Gasteiger partial charge in [-0.05, 0) is 67.3 Å². The standard InChI is InChI=1S/C27H29FN2O2/c1-18-10-11-22(32-17-21-14-20(28)16-30(21)2)15-24(18)26(31)29-27(12-13-27)25-9-5-7-19-6-3-4-8-23(19)25/h3-11,15,20-21H,12-14,16-17H2,1-2H3,(H,29,31)/t20-,21?/m1/s1. The molecule has 0 bridgehead atoms. The molecule has 3 aromatic rings. The Labute approximate surface area is 188 Å². The second-order valence-electron chi connectivity index (χ2n) is 9.28. The number of likely N-dealkylation sites (tertiary alicyclic amines) is 1. The maximum Gasteiger partial charge on any atom is 0.252 e. The van der Waals surface area contributed by atoms with Gasteiger partial charge in [0.15, 0.2) is 0 Å². The lowest BCUT2D eigenvalue weighted by atomic mass is 9.96. The molecule has 1 aliphatic heterocycles. The minimum Gasteiger partial charge on any atom is -0.492 e. The molecular formula is C27H29FN2O2. The number of halogens is 1. The van der Waals surface area contributed by atoms with Crippen LogP contribution < -0.4 is 10.1 Å². The Balaban J connectivity index is 1.34. The predicted molar refractivity (Wildman–Crippen MR) is 125 cm³/mol. The molecule has 2 fully saturated rings. The summed E-state index contributed by atoms with van der Waals surface area (Å²) in [5.41, 5.74) is 2.39. The molecule has 32 heavy (non-hydrogen) atoms. The number of nitrogens with zero attached hydrogens (tertiary/aromatic N) is 1. The van der Waals surface area contributed by atoms with Gasteiger partial charge in [0.25, 0.3) is 5.91 Å². The van der Waals surface area contributed by atoms with Gasteiger partial charge in [0.05, 0.1) is 5.54 Å². The van der Waals surface area contributed by atoms with Crippen LogP contribution in [-0.2, 0) is 5.54 Å². The van der Waals surface area contributed by atoms with Crippen LogP contribution in [0.25, 0.3) is 10.8 Å². The molecule has 1 saturated heterocycles. The van der Waals surface area contributed by atoms with Crippen LogP contribution >= 0.6 is 0 Å². The summed E-state index contributed by atoms with van der Waals surface area (Å²) in [7, 11) is 1.92. The molecule has 0 spiro atoms. The highest BCUT2D eigenvalue weighted by molar-refractivity contribution is 5.97. The van der Waals surface area contributed by atoms with E-state index in [0.29, 0.717) is 30.9 Å². The SMILES string of the molecule is Cc1ccc(OCC2C[C@@H](F)CN2C)cc1C(=O)NC1(c2cccc3ccccc23)CC1. The first-order chi connectivity index (χ1) is 15.4. The van der Waals surface area contributed by atoms with Crippen molar-refractivity contribution in [3.63, 3.8) is 0 Å². The highest BCUT2D eigenvalue weighted by atomic mass is 19.1. The Morgan fingerprint density at radius 1 is 1.16 bits per heavy atom. The number of carbonyl (C=O) groups is 1. The Morgan fingerprint density at radius 3 is 2.69 bits per heavy atom. The summed E-state index contributed by atoms with van der Waals surface area (Å²) in [6, 6.07) is 20.3. The molecule has 1 saturated carbocycles. The second-order valence-corrected chi connectivity index (χ2v) is 9.28. The van der Waals surface area contributed by atoms with Gasteiger partial charge in [-0.2, -0.15) is 0 Å². The zero-order valence-corrected chi connectivity index (χ0v) is 18.6. The highest BCUT2D eigenvalue weighted by Crippen LogP contribution is 2.48. The van der Waals surface area contributed by atoms with Crippen molar-refractivity contribution in [3.8, 4) is 5.75 Å². The molecule has 3 aromatic carbocycles. The predicted octanol–water partition coefficient (Wildman–Crippen LogP) is 4.99. The van der Waals surface area contributed by atoms with Gasteiger partial charge in [0.2, 0.25) is 0 Å². The van der Waals surface area contributed by atoms with Gasteiger partial charge in [-0.25, -0.2) is 4.39 Å². The molecule has 0 aromatic heterocycles. The van der Waals surface area contributed by atoms with Crippen LogP contribution in [0.1, 0.15) is 40.7 Å². The fourth-order valence-electron chi connectivity index (χ4n) is 4.85. The van der Waals surface area contributed by atoms with E-state index in [4.69, 9.17) is 4.74 Å². The lowest BCUT2D eigenvalue weighted by molar-refractivity contribution is 0.0930. The third-order valence-corrected chi connectivity index (χ3v) is 6.94. The first-order valence-electron chi connectivity index (χ1n) is 11.3. The topological polar surface area (TPSA) is 41.6 Å². The van der Waals surface area contributed by atoms with Gasteiger partial charge in [0.1, 0.15) is 18.5 Å². The molecule has 1 unspecified atom stereocenters. The van der Waals surface area contributed by atoms with Crippen LogP contribution in [0.4, 0.5) is 4.39 Å². The van der Waals surface area contributed by atoms with E-state index in [-0.39, 0.29) is 17.5 Å². The Bertz CT molecular complexity index is 1150. The number of alkyl halides is 1. The van der Waals surface area contributed by atoms with E-state index >= 15 is 0 Å². The number of aryl methyl sites for hydroxylation is 1. The monoisotopic (exact) mass is 432 g/mol. The van der Waals surface area contributed by atoms with Gasteiger partial charge < -0.3 is 10.1 Å². The number of benzene rings is 3. The summed E-state index contributed by atoms with van der Waals surface area (Å²) in [5, 5.41) is 5.69. The van der Waals surface area contributed by atoms with E-state index in [1.165, 1.54) is 16.3 Å². The van der Waals surface area contributed by atoms with Gasteiger partial charge in [-0.3, -0.25) is 9.69 Å². The van der Waals surface area contributed by atoms with Gasteiger partial charge in [-0.1, -0.05) is 48.5 Å². The third kappa shape index (κ3) is 3.97. The van der Waals surface area contributed by atoms with Crippen LogP contribution in [0, 0.1) is 6.92 Å². The molecule has 5 rings (SSSR count). The molecule has 166 valence electrons. The van der Waals surface area contributed by atoms with E-state index in [2.05, 4.69) is 35.6 Å². The summed E-state index contributed by atoms with van der Waals surface area (Å²) in [5.74, 6) is 0.562. The summed E-state index contributed by atoms with van der Waals surface area (Å²) < 4.78 is 19.6. The number of ether oxygens (including phenoxy) is 1. The van der Waals surface area contributed by atoms with Crippen molar-refractivity contribution in [3.05, 3.63) is 77.4 Å². The van der Waals surface area contributed by atoms with Crippen LogP contribution in [0.15, 0.2) is 60.7 Å². The smallest absolute Gasteiger partial charge is 0.252 e. The zero-order valence-electron chi connectivity index (χ0n) is 18.6. The van der Waals surface area contributed by atoms with Crippen molar-refractivity contribution in [2.75, 3.05) is 20.2 Å². The molecule has 5 heteroatoms. The summed E-state index contributed by atoms with van der Waals surface area (Å²) in [6.45, 7) is 2.81. The zero-order chi connectivity index (χ0) is 22.3. The molecule has 1 N–H and O–H groups in total.